The van der Waals surface area contributed by atoms with Gasteiger partial charge in [0.15, 0.2) is 24.6 Å². The van der Waals surface area contributed by atoms with Crippen LogP contribution in [0.1, 0.15) is 20.8 Å². The lowest BCUT2D eigenvalue weighted by molar-refractivity contribution is -0.250. The minimum Gasteiger partial charge on any atom is -0.456 e. The highest BCUT2D eigenvalue weighted by Crippen LogP contribution is 2.33. The molecule has 2 heterocycles. The third-order valence-corrected chi connectivity index (χ3v) is 2.92. The first-order valence-electron chi connectivity index (χ1n) is 6.17. The number of hydrogen-bond acceptors (Lipinski definition) is 8. The summed E-state index contributed by atoms with van der Waals surface area (Å²) in [6.07, 6.45) is -4.19. The van der Waals surface area contributed by atoms with Crippen LogP contribution in [0.2, 0.25) is 0 Å². The molecule has 2 aliphatic heterocycles. The second kappa shape index (κ2) is 5.76. The van der Waals surface area contributed by atoms with E-state index in [-0.39, 0.29) is 6.61 Å². The number of carbonyl (C=O) groups is 3. The van der Waals surface area contributed by atoms with Gasteiger partial charge in [-0.3, -0.25) is 14.4 Å². The average Bonchev–Trinajstić information content (AvgIpc) is 2.74. The van der Waals surface area contributed by atoms with Gasteiger partial charge in [0.2, 0.25) is 0 Å². The maximum Gasteiger partial charge on any atom is 0.303 e. The molecule has 4 unspecified atom stereocenters. The van der Waals surface area contributed by atoms with E-state index >= 15 is 0 Å². The van der Waals surface area contributed by atoms with E-state index in [4.69, 9.17) is 23.7 Å². The molecule has 0 aromatic rings. The third-order valence-electron chi connectivity index (χ3n) is 2.92. The fourth-order valence-corrected chi connectivity index (χ4v) is 2.31. The van der Waals surface area contributed by atoms with E-state index in [1.54, 1.807) is 0 Å². The average molecular weight is 288 g/mol. The van der Waals surface area contributed by atoms with Crippen LogP contribution in [0.4, 0.5) is 0 Å². The Hall–Kier alpha value is -1.67. The summed E-state index contributed by atoms with van der Waals surface area (Å²) in [6.45, 7) is 3.83. The summed E-state index contributed by atoms with van der Waals surface area (Å²) >= 11 is 0. The van der Waals surface area contributed by atoms with Gasteiger partial charge in [-0.25, -0.2) is 0 Å². The van der Waals surface area contributed by atoms with E-state index in [1.807, 2.05) is 0 Å². The second-order valence-corrected chi connectivity index (χ2v) is 4.60. The van der Waals surface area contributed by atoms with E-state index in [2.05, 4.69) is 0 Å². The molecule has 2 bridgehead atoms. The molecular formula is C12H16O8. The number of fused-ring (bicyclic) bond motifs is 2. The predicted octanol–water partition coefficient (Wildman–Crippen LogP) is -0.463. The van der Waals surface area contributed by atoms with Crippen molar-refractivity contribution in [2.24, 2.45) is 0 Å². The van der Waals surface area contributed by atoms with Gasteiger partial charge in [-0.1, -0.05) is 0 Å². The van der Waals surface area contributed by atoms with Crippen molar-refractivity contribution in [3.05, 3.63) is 0 Å². The molecule has 2 rings (SSSR count). The van der Waals surface area contributed by atoms with Crippen LogP contribution < -0.4 is 0 Å². The van der Waals surface area contributed by atoms with E-state index in [1.165, 1.54) is 20.8 Å². The molecule has 2 saturated heterocycles. The zero-order valence-corrected chi connectivity index (χ0v) is 11.4. The molecule has 0 N–H and O–H groups in total. The fraction of sp³-hybridized carbons (Fsp3) is 0.750. The first-order valence-corrected chi connectivity index (χ1v) is 6.17. The molecule has 0 spiro atoms. The lowest BCUT2D eigenvalue weighted by atomic mass is 10.00. The second-order valence-electron chi connectivity index (χ2n) is 4.60. The molecule has 5 atom stereocenters. The highest BCUT2D eigenvalue weighted by molar-refractivity contribution is 5.68. The van der Waals surface area contributed by atoms with Gasteiger partial charge in [0.25, 0.3) is 0 Å². The lowest BCUT2D eigenvalue weighted by Gasteiger charge is -2.38. The highest BCUT2D eigenvalue weighted by Gasteiger charge is 2.55. The van der Waals surface area contributed by atoms with Crippen LogP contribution in [-0.2, 0) is 38.1 Å². The van der Waals surface area contributed by atoms with Gasteiger partial charge in [-0.15, -0.1) is 0 Å². The molecule has 0 radical (unpaired) electrons. The summed E-state index contributed by atoms with van der Waals surface area (Å²) in [5, 5.41) is 0. The van der Waals surface area contributed by atoms with E-state index in [0.29, 0.717) is 0 Å². The topological polar surface area (TPSA) is 97.4 Å². The number of hydrogen-bond donors (Lipinski definition) is 0. The van der Waals surface area contributed by atoms with Crippen molar-refractivity contribution in [2.45, 2.75) is 51.5 Å². The van der Waals surface area contributed by atoms with Gasteiger partial charge in [0, 0.05) is 20.8 Å². The van der Waals surface area contributed by atoms with Gasteiger partial charge in [0.1, 0.15) is 6.10 Å². The molecule has 2 fully saturated rings. The number of rotatable bonds is 3. The van der Waals surface area contributed by atoms with Crippen molar-refractivity contribution < 1.29 is 38.1 Å². The van der Waals surface area contributed by atoms with Crippen molar-refractivity contribution in [1.29, 1.82) is 0 Å². The Balaban J connectivity index is 2.24. The quantitative estimate of drug-likeness (QED) is 0.508. The van der Waals surface area contributed by atoms with Crippen molar-refractivity contribution in [3.63, 3.8) is 0 Å². The summed E-state index contributed by atoms with van der Waals surface area (Å²) in [7, 11) is 0. The van der Waals surface area contributed by atoms with E-state index < -0.39 is 48.6 Å². The molecule has 8 nitrogen and oxygen atoms in total. The van der Waals surface area contributed by atoms with Crippen LogP contribution in [0.15, 0.2) is 0 Å². The Bertz CT molecular complexity index is 390. The molecule has 0 amide bonds. The van der Waals surface area contributed by atoms with Crippen LogP contribution in [0.5, 0.6) is 0 Å². The minimum atomic E-state index is -0.973. The van der Waals surface area contributed by atoms with Crippen molar-refractivity contribution in [3.8, 4) is 0 Å². The zero-order valence-electron chi connectivity index (χ0n) is 11.4. The highest BCUT2D eigenvalue weighted by atomic mass is 16.8. The summed E-state index contributed by atoms with van der Waals surface area (Å²) in [5.41, 5.74) is 0. The first kappa shape index (κ1) is 14.7. The van der Waals surface area contributed by atoms with Gasteiger partial charge >= 0.3 is 17.9 Å². The van der Waals surface area contributed by atoms with Gasteiger partial charge < -0.3 is 23.7 Å². The first-order chi connectivity index (χ1) is 9.38. The van der Waals surface area contributed by atoms with Gasteiger partial charge in [-0.2, -0.15) is 0 Å². The molecule has 0 saturated carbocycles. The van der Waals surface area contributed by atoms with Crippen molar-refractivity contribution in [2.75, 3.05) is 6.61 Å². The van der Waals surface area contributed by atoms with Crippen LogP contribution >= 0.6 is 0 Å². The summed E-state index contributed by atoms with van der Waals surface area (Å²) in [6, 6.07) is 0. The largest absolute Gasteiger partial charge is 0.456 e. The number of esters is 3. The van der Waals surface area contributed by atoms with Gasteiger partial charge in [0.05, 0.1) is 6.61 Å². The zero-order chi connectivity index (χ0) is 14.9. The molecule has 20 heavy (non-hydrogen) atoms. The monoisotopic (exact) mass is 288 g/mol. The fourth-order valence-electron chi connectivity index (χ4n) is 2.31. The smallest absolute Gasteiger partial charge is 0.303 e. The Labute approximate surface area is 115 Å². The van der Waals surface area contributed by atoms with Crippen molar-refractivity contribution >= 4 is 17.9 Å². The Morgan fingerprint density at radius 2 is 1.35 bits per heavy atom. The summed E-state index contributed by atoms with van der Waals surface area (Å²) in [5.74, 6) is -1.71. The molecule has 112 valence electrons. The molecule has 0 aromatic carbocycles. The van der Waals surface area contributed by atoms with Crippen molar-refractivity contribution in [1.82, 2.24) is 0 Å². The predicted molar refractivity (Wildman–Crippen MR) is 61.3 cm³/mol. The Morgan fingerprint density at radius 1 is 0.850 bits per heavy atom. The normalized spacial score (nSPS) is 35.2. The third kappa shape index (κ3) is 3.07. The van der Waals surface area contributed by atoms with E-state index in [0.717, 1.165) is 0 Å². The SMILES string of the molecule is CC(=O)OC1C2OCC(O2)[C@H](OC(C)=O)C1OC(C)=O. The number of ether oxygens (including phenoxy) is 5. The van der Waals surface area contributed by atoms with E-state index in [9.17, 15) is 14.4 Å². The van der Waals surface area contributed by atoms with Crippen LogP contribution in [0.3, 0.4) is 0 Å². The maximum atomic E-state index is 11.2. The number of carbonyl (C=O) groups excluding carboxylic acids is 3. The van der Waals surface area contributed by atoms with Crippen LogP contribution in [0.25, 0.3) is 0 Å². The molecule has 2 aliphatic rings. The van der Waals surface area contributed by atoms with Gasteiger partial charge in [-0.05, 0) is 0 Å². The molecule has 0 aliphatic carbocycles. The lowest BCUT2D eigenvalue weighted by Crippen LogP contribution is -2.58. The van der Waals surface area contributed by atoms with Crippen LogP contribution in [-0.4, -0.2) is 55.2 Å². The molecule has 0 aromatic heterocycles. The maximum absolute atomic E-state index is 11.2. The Kier molecular flexibility index (Phi) is 4.24. The standard InChI is InChI=1S/C12H16O8/c1-5(13)17-9-8-4-16-12(20-8)11(19-7(3)15)10(9)18-6(2)14/h8-12H,4H2,1-3H3/t8?,9-,10?,11?,12?/m0/s1. The Morgan fingerprint density at radius 3 is 1.90 bits per heavy atom. The molecular weight excluding hydrogens is 272 g/mol. The summed E-state index contributed by atoms with van der Waals surface area (Å²) < 4.78 is 26.2. The molecule has 8 heteroatoms. The van der Waals surface area contributed by atoms with Crippen LogP contribution in [0, 0.1) is 0 Å². The summed E-state index contributed by atoms with van der Waals surface area (Å²) in [4.78, 5) is 33.6. The minimum absolute atomic E-state index is 0.165.